The molecule has 124 valence electrons. The van der Waals surface area contributed by atoms with Crippen molar-refractivity contribution in [3.8, 4) is 0 Å². The molecule has 0 saturated carbocycles. The van der Waals surface area contributed by atoms with E-state index in [0.717, 1.165) is 28.0 Å². The number of anilines is 1. The Morgan fingerprint density at radius 1 is 1.17 bits per heavy atom. The lowest BCUT2D eigenvalue weighted by Gasteiger charge is -2.13. The third kappa shape index (κ3) is 5.39. The molecule has 2 rings (SSSR count). The van der Waals surface area contributed by atoms with Crippen molar-refractivity contribution in [1.82, 2.24) is 15.0 Å². The van der Waals surface area contributed by atoms with Crippen LogP contribution < -0.4 is 5.73 Å². The molecule has 2 aromatic heterocycles. The van der Waals surface area contributed by atoms with E-state index in [1.807, 2.05) is 12.5 Å². The lowest BCUT2D eigenvalue weighted by atomic mass is 9.94. The van der Waals surface area contributed by atoms with Crippen molar-refractivity contribution in [1.29, 1.82) is 0 Å². The van der Waals surface area contributed by atoms with Crippen LogP contribution in [0, 0.1) is 0 Å². The van der Waals surface area contributed by atoms with E-state index in [1.165, 1.54) is 18.4 Å². The third-order valence-corrected chi connectivity index (χ3v) is 5.27. The summed E-state index contributed by atoms with van der Waals surface area (Å²) in [6, 6.07) is 6.18. The number of pyridine rings is 1. The molecule has 0 amide bonds. The number of nitrogens with two attached hydrogens (primary N) is 1. The smallest absolute Gasteiger partial charge is 0.190 e. The van der Waals surface area contributed by atoms with E-state index in [0.29, 0.717) is 11.7 Å². The van der Waals surface area contributed by atoms with Gasteiger partial charge in [-0.3, -0.25) is 4.98 Å². The van der Waals surface area contributed by atoms with Crippen LogP contribution in [-0.4, -0.2) is 27.0 Å². The molecule has 0 aliphatic heterocycles. The van der Waals surface area contributed by atoms with E-state index >= 15 is 0 Å². The fourth-order valence-corrected chi connectivity index (χ4v) is 3.79. The molecule has 4 nitrogen and oxygen atoms in total. The lowest BCUT2D eigenvalue weighted by molar-refractivity contribution is 0.639. The topological polar surface area (TPSA) is 64.7 Å². The number of nitrogens with zero attached hydrogens (tertiary/aromatic N) is 3. The van der Waals surface area contributed by atoms with Gasteiger partial charge in [-0.05, 0) is 49.1 Å². The molecule has 0 radical (unpaired) electrons. The fourth-order valence-electron chi connectivity index (χ4n) is 2.48. The van der Waals surface area contributed by atoms with Gasteiger partial charge in [-0.1, -0.05) is 25.6 Å². The molecule has 0 spiro atoms. The van der Waals surface area contributed by atoms with E-state index < -0.39 is 0 Å². The Balaban J connectivity index is 1.96. The molecule has 0 aliphatic carbocycles. The van der Waals surface area contributed by atoms with Crippen LogP contribution in [0.2, 0.25) is 0 Å². The first-order valence-electron chi connectivity index (χ1n) is 7.92. The molecule has 0 saturated heterocycles. The maximum absolute atomic E-state index is 5.81. The summed E-state index contributed by atoms with van der Waals surface area (Å²) < 4.78 is 0. The zero-order chi connectivity index (χ0) is 16.7. The molecular weight excluding hydrogens is 324 g/mol. The molecule has 2 heterocycles. The Morgan fingerprint density at radius 3 is 2.65 bits per heavy atom. The number of hydrogen-bond donors (Lipinski definition) is 1. The minimum Gasteiger partial charge on any atom is -0.384 e. The van der Waals surface area contributed by atoms with Crippen LogP contribution in [0.1, 0.15) is 43.9 Å². The van der Waals surface area contributed by atoms with Crippen LogP contribution in [-0.2, 0) is 6.42 Å². The number of aromatic nitrogens is 3. The van der Waals surface area contributed by atoms with Crippen molar-refractivity contribution >= 4 is 29.3 Å². The largest absolute Gasteiger partial charge is 0.384 e. The second-order valence-electron chi connectivity index (χ2n) is 5.31. The van der Waals surface area contributed by atoms with E-state index in [1.54, 1.807) is 29.6 Å². The van der Waals surface area contributed by atoms with Gasteiger partial charge < -0.3 is 5.73 Å². The average molecular weight is 349 g/mol. The predicted octanol–water partition coefficient (Wildman–Crippen LogP) is 4.41. The first-order chi connectivity index (χ1) is 11.2. The van der Waals surface area contributed by atoms with Crippen molar-refractivity contribution in [2.45, 2.75) is 49.2 Å². The zero-order valence-electron chi connectivity index (χ0n) is 14.0. The zero-order valence-corrected chi connectivity index (χ0v) is 15.6. The summed E-state index contributed by atoms with van der Waals surface area (Å²) in [4.78, 5) is 13.2. The van der Waals surface area contributed by atoms with E-state index in [-0.39, 0.29) is 0 Å². The maximum atomic E-state index is 5.81. The molecule has 2 N–H and O–H groups in total. The molecule has 6 heteroatoms. The van der Waals surface area contributed by atoms with Gasteiger partial charge in [0.15, 0.2) is 5.16 Å². The first kappa shape index (κ1) is 18.1. The summed E-state index contributed by atoms with van der Waals surface area (Å²) in [5.41, 5.74) is 8.34. The lowest BCUT2D eigenvalue weighted by Crippen LogP contribution is -2.00. The highest BCUT2D eigenvalue weighted by Crippen LogP contribution is 2.24. The molecule has 0 aliphatic rings. The van der Waals surface area contributed by atoms with Gasteiger partial charge in [0.05, 0.1) is 0 Å². The Kier molecular flexibility index (Phi) is 7.17. The van der Waals surface area contributed by atoms with Gasteiger partial charge in [-0.2, -0.15) is 0 Å². The van der Waals surface area contributed by atoms with Crippen molar-refractivity contribution in [2.24, 2.45) is 0 Å². The molecule has 2 aromatic rings. The minimum absolute atomic E-state index is 0.528. The number of rotatable bonds is 8. The SMILES string of the molecule is CCC(CC)c1ccnc(CCSc2nc(N)cc(SC)n2)c1. The van der Waals surface area contributed by atoms with Gasteiger partial charge in [-0.15, -0.1) is 11.8 Å². The molecule has 0 fully saturated rings. The van der Waals surface area contributed by atoms with Crippen molar-refractivity contribution in [3.05, 3.63) is 35.7 Å². The number of nitrogen functional groups attached to an aromatic ring is 1. The van der Waals surface area contributed by atoms with Gasteiger partial charge in [0.1, 0.15) is 10.8 Å². The minimum atomic E-state index is 0.528. The van der Waals surface area contributed by atoms with E-state index in [9.17, 15) is 0 Å². The monoisotopic (exact) mass is 348 g/mol. The van der Waals surface area contributed by atoms with Crippen LogP contribution in [0.5, 0.6) is 0 Å². The number of aryl methyl sites for hydroxylation is 1. The highest BCUT2D eigenvalue weighted by molar-refractivity contribution is 7.99. The molecular formula is C17H24N4S2. The number of thioether (sulfide) groups is 2. The van der Waals surface area contributed by atoms with Gasteiger partial charge in [0.2, 0.25) is 0 Å². The van der Waals surface area contributed by atoms with Crippen molar-refractivity contribution in [3.63, 3.8) is 0 Å². The van der Waals surface area contributed by atoms with Gasteiger partial charge in [0, 0.05) is 23.7 Å². The normalized spacial score (nSPS) is 11.1. The molecule has 0 aromatic carbocycles. The third-order valence-electron chi connectivity index (χ3n) is 3.80. The van der Waals surface area contributed by atoms with Crippen LogP contribution in [0.15, 0.2) is 34.6 Å². The highest BCUT2D eigenvalue weighted by Gasteiger charge is 2.08. The predicted molar refractivity (Wildman–Crippen MR) is 100 cm³/mol. The second kappa shape index (κ2) is 9.13. The fraction of sp³-hybridized carbons (Fsp3) is 0.471. The van der Waals surface area contributed by atoms with E-state index in [4.69, 9.17) is 5.73 Å². The van der Waals surface area contributed by atoms with Crippen molar-refractivity contribution in [2.75, 3.05) is 17.7 Å². The summed E-state index contributed by atoms with van der Waals surface area (Å²) in [5.74, 6) is 2.06. The molecule has 23 heavy (non-hydrogen) atoms. The Morgan fingerprint density at radius 2 is 1.96 bits per heavy atom. The molecule has 0 bridgehead atoms. The highest BCUT2D eigenvalue weighted by atomic mass is 32.2. The van der Waals surface area contributed by atoms with Gasteiger partial charge in [0.25, 0.3) is 0 Å². The average Bonchev–Trinajstić information content (AvgIpc) is 2.56. The van der Waals surface area contributed by atoms with Gasteiger partial charge in [-0.25, -0.2) is 9.97 Å². The summed E-state index contributed by atoms with van der Waals surface area (Å²) in [7, 11) is 0. The van der Waals surface area contributed by atoms with Gasteiger partial charge >= 0.3 is 0 Å². The summed E-state index contributed by atoms with van der Waals surface area (Å²) in [6.07, 6.45) is 7.16. The molecule has 0 atom stereocenters. The van der Waals surface area contributed by atoms with Crippen LogP contribution in [0.4, 0.5) is 5.82 Å². The summed E-state index contributed by atoms with van der Waals surface area (Å²) in [6.45, 7) is 4.48. The standard InChI is InChI=1S/C17H24N4S2/c1-4-12(5-2)13-6-8-19-14(10-13)7-9-23-17-20-15(18)11-16(21-17)22-3/h6,8,10-12H,4-5,7,9H2,1-3H3,(H2,18,20,21). The summed E-state index contributed by atoms with van der Waals surface area (Å²) in [5, 5.41) is 1.65. The first-order valence-corrected chi connectivity index (χ1v) is 10.1. The Hall–Kier alpha value is -1.27. The van der Waals surface area contributed by atoms with E-state index in [2.05, 4.69) is 40.9 Å². The van der Waals surface area contributed by atoms with Crippen LogP contribution >= 0.6 is 23.5 Å². The van der Waals surface area contributed by atoms with Crippen LogP contribution in [0.25, 0.3) is 0 Å². The van der Waals surface area contributed by atoms with Crippen LogP contribution in [0.3, 0.4) is 0 Å². The van der Waals surface area contributed by atoms with Crippen molar-refractivity contribution < 1.29 is 0 Å². The summed E-state index contributed by atoms with van der Waals surface area (Å²) >= 11 is 3.21. The molecule has 0 unspecified atom stereocenters. The second-order valence-corrected chi connectivity index (χ2v) is 7.20. The quantitative estimate of drug-likeness (QED) is 0.433. The number of hydrogen-bond acceptors (Lipinski definition) is 6. The Bertz CT molecular complexity index is 630. The Labute approximate surface area is 147 Å². The maximum Gasteiger partial charge on any atom is 0.190 e.